The molecule has 1 aromatic heterocycles. The van der Waals surface area contributed by atoms with Gasteiger partial charge in [0.1, 0.15) is 5.76 Å². The fourth-order valence-electron chi connectivity index (χ4n) is 3.11. The van der Waals surface area contributed by atoms with Gasteiger partial charge in [-0.3, -0.25) is 0 Å². The average Bonchev–Trinajstić information content (AvgIpc) is 2.90. The molecule has 0 radical (unpaired) electrons. The fourth-order valence-corrected chi connectivity index (χ4v) is 3.11. The summed E-state index contributed by atoms with van der Waals surface area (Å²) in [6.07, 6.45) is 3.76. The minimum atomic E-state index is -0.427. The third-order valence-electron chi connectivity index (χ3n) is 4.34. The highest BCUT2D eigenvalue weighted by Gasteiger charge is 2.27. The lowest BCUT2D eigenvalue weighted by atomic mass is 9.79. The number of carbonyl (C=O) groups excluding carboxylic acids is 1. The van der Waals surface area contributed by atoms with Crippen molar-refractivity contribution in [1.29, 1.82) is 0 Å². The van der Waals surface area contributed by atoms with Gasteiger partial charge in [0.05, 0.1) is 13.2 Å². The van der Waals surface area contributed by atoms with Gasteiger partial charge in [-0.15, -0.1) is 0 Å². The number of nitrogens with one attached hydrogen (secondary N) is 1. The molecule has 0 aromatic carbocycles. The lowest BCUT2D eigenvalue weighted by molar-refractivity contribution is 0.0561. The standard InChI is InChI=1S/C16H25NO3/c1-10-5-6-13(11(2)9-10)17-12(3)14-7-8-15(20-14)16(18)19-4/h7-8,10-13,17H,5-6,9H2,1-4H3. The highest BCUT2D eigenvalue weighted by atomic mass is 16.5. The highest BCUT2D eigenvalue weighted by molar-refractivity contribution is 5.86. The first-order valence-corrected chi connectivity index (χ1v) is 7.45. The maximum Gasteiger partial charge on any atom is 0.373 e. The van der Waals surface area contributed by atoms with Crippen molar-refractivity contribution in [3.63, 3.8) is 0 Å². The van der Waals surface area contributed by atoms with Crippen LogP contribution in [0.5, 0.6) is 0 Å². The highest BCUT2D eigenvalue weighted by Crippen LogP contribution is 2.30. The number of esters is 1. The van der Waals surface area contributed by atoms with Crippen LogP contribution in [-0.4, -0.2) is 19.1 Å². The first-order chi connectivity index (χ1) is 9.51. The Morgan fingerprint density at radius 1 is 1.40 bits per heavy atom. The molecule has 0 saturated heterocycles. The van der Waals surface area contributed by atoms with Gasteiger partial charge in [-0.05, 0) is 50.2 Å². The molecule has 1 saturated carbocycles. The van der Waals surface area contributed by atoms with Crippen LogP contribution in [-0.2, 0) is 4.74 Å². The molecule has 1 heterocycles. The van der Waals surface area contributed by atoms with E-state index in [0.29, 0.717) is 12.0 Å². The van der Waals surface area contributed by atoms with Gasteiger partial charge in [-0.25, -0.2) is 4.79 Å². The van der Waals surface area contributed by atoms with Crippen LogP contribution in [0.15, 0.2) is 16.5 Å². The van der Waals surface area contributed by atoms with Crippen molar-refractivity contribution in [2.45, 2.75) is 52.1 Å². The average molecular weight is 279 g/mol. The van der Waals surface area contributed by atoms with E-state index in [2.05, 4.69) is 30.8 Å². The van der Waals surface area contributed by atoms with E-state index in [4.69, 9.17) is 4.42 Å². The minimum Gasteiger partial charge on any atom is -0.463 e. The second-order valence-electron chi connectivity index (χ2n) is 6.08. The number of rotatable bonds is 4. The summed E-state index contributed by atoms with van der Waals surface area (Å²) in [5, 5.41) is 3.63. The Hall–Kier alpha value is -1.29. The lowest BCUT2D eigenvalue weighted by Gasteiger charge is -2.34. The van der Waals surface area contributed by atoms with Gasteiger partial charge < -0.3 is 14.5 Å². The molecule has 4 unspecified atom stereocenters. The van der Waals surface area contributed by atoms with E-state index < -0.39 is 5.97 Å². The molecule has 4 atom stereocenters. The molecule has 4 heteroatoms. The summed E-state index contributed by atoms with van der Waals surface area (Å²) in [6, 6.07) is 4.15. The molecule has 0 spiro atoms. The molecule has 20 heavy (non-hydrogen) atoms. The summed E-state index contributed by atoms with van der Waals surface area (Å²) < 4.78 is 10.2. The molecule has 0 bridgehead atoms. The molecular formula is C16H25NO3. The number of furan rings is 1. The predicted octanol–water partition coefficient (Wildman–Crippen LogP) is 3.54. The van der Waals surface area contributed by atoms with E-state index in [1.165, 1.54) is 26.4 Å². The molecule has 1 aliphatic carbocycles. The Morgan fingerprint density at radius 2 is 2.15 bits per heavy atom. The maximum absolute atomic E-state index is 11.4. The number of ether oxygens (including phenoxy) is 1. The second kappa shape index (κ2) is 6.44. The van der Waals surface area contributed by atoms with Gasteiger partial charge in [0.15, 0.2) is 0 Å². The summed E-state index contributed by atoms with van der Waals surface area (Å²) >= 11 is 0. The summed E-state index contributed by atoms with van der Waals surface area (Å²) in [5.41, 5.74) is 0. The summed E-state index contributed by atoms with van der Waals surface area (Å²) in [4.78, 5) is 11.4. The van der Waals surface area contributed by atoms with Crippen LogP contribution in [0.4, 0.5) is 0 Å². The maximum atomic E-state index is 11.4. The monoisotopic (exact) mass is 279 g/mol. The topological polar surface area (TPSA) is 51.5 Å². The number of methoxy groups -OCH3 is 1. The quantitative estimate of drug-likeness (QED) is 0.856. The molecule has 4 nitrogen and oxygen atoms in total. The van der Waals surface area contributed by atoms with Gasteiger partial charge in [-0.1, -0.05) is 13.8 Å². The second-order valence-corrected chi connectivity index (χ2v) is 6.08. The van der Waals surface area contributed by atoms with Crippen molar-refractivity contribution in [3.8, 4) is 0 Å². The SMILES string of the molecule is COC(=O)c1ccc(C(C)NC2CCC(C)CC2C)o1. The van der Waals surface area contributed by atoms with E-state index in [1.54, 1.807) is 6.07 Å². The molecule has 2 rings (SSSR count). The molecule has 1 fully saturated rings. The normalized spacial score (nSPS) is 28.1. The van der Waals surface area contributed by atoms with E-state index >= 15 is 0 Å². The molecule has 1 N–H and O–H groups in total. The van der Waals surface area contributed by atoms with E-state index in [1.807, 2.05) is 6.07 Å². The summed E-state index contributed by atoms with van der Waals surface area (Å²) in [7, 11) is 1.36. The Kier molecular flexibility index (Phi) is 4.86. The zero-order valence-corrected chi connectivity index (χ0v) is 12.8. The zero-order chi connectivity index (χ0) is 14.7. The van der Waals surface area contributed by atoms with E-state index in [0.717, 1.165) is 11.7 Å². The van der Waals surface area contributed by atoms with E-state index in [9.17, 15) is 4.79 Å². The van der Waals surface area contributed by atoms with Crippen molar-refractivity contribution in [3.05, 3.63) is 23.7 Å². The Labute approximate surface area is 120 Å². The molecule has 0 aliphatic heterocycles. The lowest BCUT2D eigenvalue weighted by Crippen LogP contribution is -2.40. The van der Waals surface area contributed by atoms with Crippen LogP contribution in [0.3, 0.4) is 0 Å². The van der Waals surface area contributed by atoms with Crippen LogP contribution in [0.2, 0.25) is 0 Å². The Balaban J connectivity index is 1.96. The zero-order valence-electron chi connectivity index (χ0n) is 12.8. The van der Waals surface area contributed by atoms with Gasteiger partial charge in [-0.2, -0.15) is 0 Å². The van der Waals surface area contributed by atoms with Crippen molar-refractivity contribution in [1.82, 2.24) is 5.32 Å². The van der Waals surface area contributed by atoms with Gasteiger partial charge in [0, 0.05) is 6.04 Å². The molecule has 0 amide bonds. The Morgan fingerprint density at radius 3 is 2.80 bits per heavy atom. The first kappa shape index (κ1) is 15.1. The molecule has 112 valence electrons. The third kappa shape index (κ3) is 3.42. The van der Waals surface area contributed by atoms with Crippen molar-refractivity contribution in [2.24, 2.45) is 11.8 Å². The first-order valence-electron chi connectivity index (χ1n) is 7.45. The number of hydrogen-bond donors (Lipinski definition) is 1. The van der Waals surface area contributed by atoms with Crippen LogP contribution in [0.25, 0.3) is 0 Å². The smallest absolute Gasteiger partial charge is 0.373 e. The van der Waals surface area contributed by atoms with Crippen molar-refractivity contribution >= 4 is 5.97 Å². The molecular weight excluding hydrogens is 254 g/mol. The largest absolute Gasteiger partial charge is 0.463 e. The van der Waals surface area contributed by atoms with Crippen molar-refractivity contribution < 1.29 is 13.9 Å². The van der Waals surface area contributed by atoms with Gasteiger partial charge >= 0.3 is 5.97 Å². The third-order valence-corrected chi connectivity index (χ3v) is 4.34. The molecule has 1 aromatic rings. The van der Waals surface area contributed by atoms with Crippen LogP contribution < -0.4 is 5.32 Å². The summed E-state index contributed by atoms with van der Waals surface area (Å²) in [5.74, 6) is 2.13. The number of carbonyl (C=O) groups is 1. The minimum absolute atomic E-state index is 0.106. The van der Waals surface area contributed by atoms with Crippen LogP contribution in [0.1, 0.15) is 62.4 Å². The van der Waals surface area contributed by atoms with Gasteiger partial charge in [0.25, 0.3) is 0 Å². The van der Waals surface area contributed by atoms with Crippen LogP contribution in [0, 0.1) is 11.8 Å². The van der Waals surface area contributed by atoms with Gasteiger partial charge in [0.2, 0.25) is 5.76 Å². The summed E-state index contributed by atoms with van der Waals surface area (Å²) in [6.45, 7) is 6.71. The number of hydrogen-bond acceptors (Lipinski definition) is 4. The van der Waals surface area contributed by atoms with Crippen molar-refractivity contribution in [2.75, 3.05) is 7.11 Å². The van der Waals surface area contributed by atoms with Crippen LogP contribution >= 0.6 is 0 Å². The predicted molar refractivity (Wildman–Crippen MR) is 77.6 cm³/mol. The fraction of sp³-hybridized carbons (Fsp3) is 0.688. The Bertz CT molecular complexity index is 454. The van der Waals surface area contributed by atoms with E-state index in [-0.39, 0.29) is 11.8 Å². The molecule has 1 aliphatic rings.